The maximum Gasteiger partial charge on any atom is 0.225 e. The van der Waals surface area contributed by atoms with Crippen LogP contribution in [0.3, 0.4) is 0 Å². The van der Waals surface area contributed by atoms with Crippen LogP contribution in [0.2, 0.25) is 5.28 Å². The summed E-state index contributed by atoms with van der Waals surface area (Å²) in [5, 5.41) is 0.201. The third-order valence-electron chi connectivity index (χ3n) is 2.00. The molecular weight excluding hydrogens is 228 g/mol. The zero-order valence-corrected chi connectivity index (χ0v) is 10.5. The summed E-state index contributed by atoms with van der Waals surface area (Å²) in [6.45, 7) is 5.85. The molecule has 0 saturated carbocycles. The number of halogens is 1. The molecule has 0 aliphatic rings. The highest BCUT2D eigenvalue weighted by atomic mass is 35.5. The molecule has 1 aromatic rings. The Bertz CT molecular complexity index is 321. The van der Waals surface area contributed by atoms with Crippen molar-refractivity contribution in [3.8, 4) is 5.88 Å². The van der Waals surface area contributed by atoms with E-state index >= 15 is 0 Å². The molecule has 0 aliphatic carbocycles. The van der Waals surface area contributed by atoms with E-state index in [1.165, 1.54) is 0 Å². The molecule has 0 atom stereocenters. The van der Waals surface area contributed by atoms with E-state index in [1.807, 2.05) is 6.92 Å². The van der Waals surface area contributed by atoms with Crippen molar-refractivity contribution in [2.75, 3.05) is 19.8 Å². The first kappa shape index (κ1) is 13.2. The van der Waals surface area contributed by atoms with Crippen LogP contribution in [0, 0.1) is 6.92 Å². The van der Waals surface area contributed by atoms with Crippen molar-refractivity contribution in [2.24, 2.45) is 0 Å². The van der Waals surface area contributed by atoms with Gasteiger partial charge in [-0.05, 0) is 24.9 Å². The van der Waals surface area contributed by atoms with Crippen molar-refractivity contribution >= 4 is 11.6 Å². The van der Waals surface area contributed by atoms with Crippen LogP contribution in [0.1, 0.15) is 25.3 Å². The molecule has 0 aromatic carbocycles. The fourth-order valence-electron chi connectivity index (χ4n) is 1.10. The zero-order valence-electron chi connectivity index (χ0n) is 9.70. The SMILES string of the molecule is CCCCOCCOc1nc(Cl)ncc1C. The van der Waals surface area contributed by atoms with Crippen LogP contribution in [0.25, 0.3) is 0 Å². The summed E-state index contributed by atoms with van der Waals surface area (Å²) in [6.07, 6.45) is 3.86. The molecule has 0 fully saturated rings. The molecule has 1 heterocycles. The van der Waals surface area contributed by atoms with E-state index in [0.717, 1.165) is 25.0 Å². The summed E-state index contributed by atoms with van der Waals surface area (Å²) in [7, 11) is 0. The Morgan fingerprint density at radius 2 is 2.12 bits per heavy atom. The predicted octanol–water partition coefficient (Wildman–Crippen LogP) is 2.63. The molecule has 0 N–H and O–H groups in total. The maximum absolute atomic E-state index is 5.66. The summed E-state index contributed by atoms with van der Waals surface area (Å²) in [5.74, 6) is 0.527. The summed E-state index contributed by atoms with van der Waals surface area (Å²) in [4.78, 5) is 7.83. The second kappa shape index (κ2) is 7.41. The Balaban J connectivity index is 2.23. The predicted molar refractivity (Wildman–Crippen MR) is 63.0 cm³/mol. The van der Waals surface area contributed by atoms with Crippen LogP contribution in [0.15, 0.2) is 6.20 Å². The van der Waals surface area contributed by atoms with Crippen molar-refractivity contribution < 1.29 is 9.47 Å². The number of ether oxygens (including phenoxy) is 2. The molecule has 0 amide bonds. The highest BCUT2D eigenvalue weighted by Crippen LogP contribution is 2.14. The third-order valence-corrected chi connectivity index (χ3v) is 2.19. The van der Waals surface area contributed by atoms with Crippen LogP contribution < -0.4 is 4.74 Å². The van der Waals surface area contributed by atoms with Gasteiger partial charge in [0.05, 0.1) is 6.61 Å². The van der Waals surface area contributed by atoms with Crippen molar-refractivity contribution in [1.82, 2.24) is 9.97 Å². The molecule has 1 aromatic heterocycles. The molecule has 4 nitrogen and oxygen atoms in total. The Morgan fingerprint density at radius 1 is 1.31 bits per heavy atom. The first-order chi connectivity index (χ1) is 7.74. The van der Waals surface area contributed by atoms with E-state index in [2.05, 4.69) is 16.9 Å². The molecule has 0 unspecified atom stereocenters. The topological polar surface area (TPSA) is 44.2 Å². The lowest BCUT2D eigenvalue weighted by Gasteiger charge is -2.07. The number of hydrogen-bond acceptors (Lipinski definition) is 4. The fourth-order valence-corrected chi connectivity index (χ4v) is 1.22. The van der Waals surface area contributed by atoms with Gasteiger partial charge in [-0.3, -0.25) is 0 Å². The molecule has 0 radical (unpaired) electrons. The van der Waals surface area contributed by atoms with Crippen LogP contribution in [0.4, 0.5) is 0 Å². The van der Waals surface area contributed by atoms with Crippen LogP contribution in [0.5, 0.6) is 5.88 Å². The average molecular weight is 245 g/mol. The Morgan fingerprint density at radius 3 is 2.88 bits per heavy atom. The van der Waals surface area contributed by atoms with Crippen molar-refractivity contribution in [3.63, 3.8) is 0 Å². The van der Waals surface area contributed by atoms with Gasteiger partial charge in [0.2, 0.25) is 11.2 Å². The van der Waals surface area contributed by atoms with E-state index in [-0.39, 0.29) is 5.28 Å². The lowest BCUT2D eigenvalue weighted by atomic mass is 10.4. The molecule has 16 heavy (non-hydrogen) atoms. The number of nitrogens with zero attached hydrogens (tertiary/aromatic N) is 2. The van der Waals surface area contributed by atoms with E-state index in [1.54, 1.807) is 6.20 Å². The largest absolute Gasteiger partial charge is 0.475 e. The highest BCUT2D eigenvalue weighted by molar-refractivity contribution is 6.28. The minimum absolute atomic E-state index is 0.201. The molecule has 0 bridgehead atoms. The molecule has 0 aliphatic heterocycles. The minimum atomic E-state index is 0.201. The van der Waals surface area contributed by atoms with Gasteiger partial charge in [-0.25, -0.2) is 4.98 Å². The first-order valence-corrected chi connectivity index (χ1v) is 5.81. The van der Waals surface area contributed by atoms with Crippen LogP contribution in [-0.4, -0.2) is 29.8 Å². The normalized spacial score (nSPS) is 10.4. The molecular formula is C11H17ClN2O2. The van der Waals surface area contributed by atoms with Crippen LogP contribution >= 0.6 is 11.6 Å². The lowest BCUT2D eigenvalue weighted by Crippen LogP contribution is -2.09. The van der Waals surface area contributed by atoms with Gasteiger partial charge in [0.25, 0.3) is 0 Å². The average Bonchev–Trinajstić information content (AvgIpc) is 2.28. The van der Waals surface area contributed by atoms with Gasteiger partial charge in [0, 0.05) is 18.4 Å². The van der Waals surface area contributed by atoms with E-state index in [9.17, 15) is 0 Å². The standard InChI is InChI=1S/C11H17ClN2O2/c1-3-4-5-15-6-7-16-10-9(2)8-13-11(12)14-10/h8H,3-7H2,1-2H3. The van der Waals surface area contributed by atoms with E-state index < -0.39 is 0 Å². The highest BCUT2D eigenvalue weighted by Gasteiger charge is 2.02. The van der Waals surface area contributed by atoms with Gasteiger partial charge >= 0.3 is 0 Å². The van der Waals surface area contributed by atoms with Gasteiger partial charge in [0.1, 0.15) is 6.61 Å². The third kappa shape index (κ3) is 4.77. The number of aromatic nitrogens is 2. The van der Waals surface area contributed by atoms with E-state index in [4.69, 9.17) is 21.1 Å². The molecule has 90 valence electrons. The zero-order chi connectivity index (χ0) is 11.8. The van der Waals surface area contributed by atoms with Gasteiger partial charge in [0.15, 0.2) is 0 Å². The molecule has 0 spiro atoms. The number of rotatable bonds is 7. The monoisotopic (exact) mass is 244 g/mol. The molecule has 0 saturated heterocycles. The van der Waals surface area contributed by atoms with Gasteiger partial charge in [-0.1, -0.05) is 13.3 Å². The minimum Gasteiger partial charge on any atom is -0.475 e. The van der Waals surface area contributed by atoms with Gasteiger partial charge < -0.3 is 9.47 Å². The van der Waals surface area contributed by atoms with Crippen molar-refractivity contribution in [2.45, 2.75) is 26.7 Å². The fraction of sp³-hybridized carbons (Fsp3) is 0.636. The Labute approximate surface area is 101 Å². The second-order valence-corrected chi connectivity index (χ2v) is 3.78. The Kier molecular flexibility index (Phi) is 6.11. The molecule has 1 rings (SSSR count). The smallest absolute Gasteiger partial charge is 0.225 e. The van der Waals surface area contributed by atoms with Gasteiger partial charge in [-0.2, -0.15) is 4.98 Å². The van der Waals surface area contributed by atoms with Gasteiger partial charge in [-0.15, -0.1) is 0 Å². The number of aryl methyl sites for hydroxylation is 1. The Hall–Kier alpha value is -0.870. The lowest BCUT2D eigenvalue weighted by molar-refractivity contribution is 0.0962. The summed E-state index contributed by atoms with van der Waals surface area (Å²) >= 11 is 5.66. The maximum atomic E-state index is 5.66. The van der Waals surface area contributed by atoms with E-state index in [0.29, 0.717) is 19.1 Å². The first-order valence-electron chi connectivity index (χ1n) is 5.43. The number of hydrogen-bond donors (Lipinski definition) is 0. The summed E-state index contributed by atoms with van der Waals surface area (Å²) in [6, 6.07) is 0. The van der Waals surface area contributed by atoms with Crippen molar-refractivity contribution in [3.05, 3.63) is 17.0 Å². The quantitative estimate of drug-likeness (QED) is 0.546. The van der Waals surface area contributed by atoms with Crippen LogP contribution in [-0.2, 0) is 4.74 Å². The second-order valence-electron chi connectivity index (χ2n) is 3.44. The summed E-state index contributed by atoms with van der Waals surface area (Å²) in [5.41, 5.74) is 0.873. The number of unbranched alkanes of at least 4 members (excludes halogenated alkanes) is 1. The molecule has 5 heteroatoms. The van der Waals surface area contributed by atoms with Crippen molar-refractivity contribution in [1.29, 1.82) is 0 Å². The summed E-state index contributed by atoms with van der Waals surface area (Å²) < 4.78 is 10.8.